The summed E-state index contributed by atoms with van der Waals surface area (Å²) in [5.74, 6) is 0.641. The second-order valence-electron chi connectivity index (χ2n) is 3.74. The number of benzene rings is 2. The highest BCUT2D eigenvalue weighted by Crippen LogP contribution is 2.32. The summed E-state index contributed by atoms with van der Waals surface area (Å²) < 4.78 is 5.37. The summed E-state index contributed by atoms with van der Waals surface area (Å²) in [4.78, 5) is 13.4. The third-order valence-electron chi connectivity index (χ3n) is 2.68. The van der Waals surface area contributed by atoms with E-state index in [-0.39, 0.29) is 5.78 Å². The minimum atomic E-state index is -0.0108. The predicted molar refractivity (Wildman–Crippen MR) is 74.6 cm³/mol. The number of carbonyl (C=O) groups is 1. The summed E-state index contributed by atoms with van der Waals surface area (Å²) in [6.07, 6.45) is 1.97. The van der Waals surface area contributed by atoms with Crippen molar-refractivity contribution in [1.29, 1.82) is 0 Å². The van der Waals surface area contributed by atoms with Crippen molar-refractivity contribution in [2.24, 2.45) is 0 Å². The van der Waals surface area contributed by atoms with Gasteiger partial charge in [0.1, 0.15) is 5.75 Å². The summed E-state index contributed by atoms with van der Waals surface area (Å²) in [6, 6.07) is 14.9. The first-order chi connectivity index (χ1) is 8.77. The number of rotatable bonds is 4. The lowest BCUT2D eigenvalue weighted by Gasteiger charge is -2.11. The van der Waals surface area contributed by atoms with Crippen LogP contribution in [0, 0.1) is 0 Å². The molecule has 0 aliphatic carbocycles. The van der Waals surface area contributed by atoms with Gasteiger partial charge in [-0.1, -0.05) is 36.4 Å². The molecule has 0 bridgehead atoms. The van der Waals surface area contributed by atoms with Crippen molar-refractivity contribution in [1.82, 2.24) is 0 Å². The Balaban J connectivity index is 2.48. The predicted octanol–water partition coefficient (Wildman–Crippen LogP) is 3.65. The second kappa shape index (κ2) is 5.74. The second-order valence-corrected chi connectivity index (χ2v) is 4.58. The van der Waals surface area contributed by atoms with Crippen molar-refractivity contribution in [2.75, 3.05) is 13.4 Å². The molecule has 0 fully saturated rings. The van der Waals surface area contributed by atoms with E-state index in [9.17, 15) is 4.79 Å². The monoisotopic (exact) mass is 258 g/mol. The molecular formula is C15H14O2S. The fourth-order valence-electron chi connectivity index (χ4n) is 1.81. The molecule has 0 heterocycles. The van der Waals surface area contributed by atoms with Gasteiger partial charge in [-0.25, -0.2) is 0 Å². The number of para-hydroxylation sites is 1. The Bertz CT molecular complexity index is 550. The molecular weight excluding hydrogens is 244 g/mol. The van der Waals surface area contributed by atoms with E-state index in [0.717, 1.165) is 4.90 Å². The molecule has 0 saturated heterocycles. The highest BCUT2D eigenvalue weighted by molar-refractivity contribution is 7.98. The molecule has 3 heteroatoms. The Hall–Kier alpha value is -1.74. The van der Waals surface area contributed by atoms with Crippen molar-refractivity contribution in [3.05, 3.63) is 59.7 Å². The van der Waals surface area contributed by atoms with Crippen molar-refractivity contribution < 1.29 is 9.53 Å². The number of hydrogen-bond acceptors (Lipinski definition) is 3. The molecule has 0 aliphatic heterocycles. The average Bonchev–Trinajstić information content (AvgIpc) is 2.46. The molecule has 2 nitrogen and oxygen atoms in total. The van der Waals surface area contributed by atoms with Crippen LogP contribution in [0.25, 0.3) is 0 Å². The first kappa shape index (κ1) is 12.7. The molecule has 0 amide bonds. The van der Waals surface area contributed by atoms with Gasteiger partial charge in [-0.05, 0) is 18.4 Å². The van der Waals surface area contributed by atoms with Crippen LogP contribution in [0.2, 0.25) is 0 Å². The molecule has 18 heavy (non-hydrogen) atoms. The average molecular weight is 258 g/mol. The number of thioether (sulfide) groups is 1. The Morgan fingerprint density at radius 2 is 1.78 bits per heavy atom. The van der Waals surface area contributed by atoms with Gasteiger partial charge < -0.3 is 4.74 Å². The van der Waals surface area contributed by atoms with E-state index >= 15 is 0 Å². The first-order valence-corrected chi connectivity index (χ1v) is 6.81. The Morgan fingerprint density at radius 3 is 2.39 bits per heavy atom. The van der Waals surface area contributed by atoms with Crippen LogP contribution in [-0.4, -0.2) is 19.1 Å². The summed E-state index contributed by atoms with van der Waals surface area (Å²) in [5.41, 5.74) is 1.28. The van der Waals surface area contributed by atoms with Gasteiger partial charge in [-0.3, -0.25) is 4.79 Å². The van der Waals surface area contributed by atoms with Gasteiger partial charge in [0.15, 0.2) is 5.78 Å². The minimum absolute atomic E-state index is 0.0108. The quantitative estimate of drug-likeness (QED) is 0.618. The summed E-state index contributed by atoms with van der Waals surface area (Å²) in [6.45, 7) is 0. The van der Waals surface area contributed by atoms with Gasteiger partial charge in [0.2, 0.25) is 0 Å². The Labute approximate surface area is 111 Å². The lowest BCUT2D eigenvalue weighted by Crippen LogP contribution is -2.04. The zero-order chi connectivity index (χ0) is 13.0. The molecule has 0 radical (unpaired) electrons. The Kier molecular flexibility index (Phi) is 4.05. The third kappa shape index (κ3) is 2.41. The SMILES string of the molecule is COc1c(SC)cccc1C(=O)c1ccccc1. The molecule has 2 aromatic rings. The molecule has 0 aliphatic rings. The van der Waals surface area contributed by atoms with E-state index in [4.69, 9.17) is 4.74 Å². The lowest BCUT2D eigenvalue weighted by atomic mass is 10.0. The number of ether oxygens (including phenoxy) is 1. The Morgan fingerprint density at radius 1 is 1.06 bits per heavy atom. The van der Waals surface area contributed by atoms with Crippen LogP contribution in [-0.2, 0) is 0 Å². The first-order valence-electron chi connectivity index (χ1n) is 5.58. The molecule has 0 aromatic heterocycles. The standard InChI is InChI=1S/C15H14O2S/c1-17-15-12(9-6-10-13(15)18-2)14(16)11-7-4-3-5-8-11/h3-10H,1-2H3. The zero-order valence-corrected chi connectivity index (χ0v) is 11.2. The van der Waals surface area contributed by atoms with Crippen LogP contribution in [0.4, 0.5) is 0 Å². The molecule has 2 rings (SSSR count). The van der Waals surface area contributed by atoms with Crippen LogP contribution >= 0.6 is 11.8 Å². The van der Waals surface area contributed by atoms with Crippen molar-refractivity contribution in [2.45, 2.75) is 4.90 Å². The molecule has 92 valence electrons. The highest BCUT2D eigenvalue weighted by atomic mass is 32.2. The fraction of sp³-hybridized carbons (Fsp3) is 0.133. The smallest absolute Gasteiger partial charge is 0.196 e. The van der Waals surface area contributed by atoms with Crippen LogP contribution in [0.15, 0.2) is 53.4 Å². The molecule has 0 unspecified atom stereocenters. The maximum absolute atomic E-state index is 12.4. The van der Waals surface area contributed by atoms with Gasteiger partial charge in [-0.2, -0.15) is 0 Å². The van der Waals surface area contributed by atoms with Crippen molar-refractivity contribution in [3.8, 4) is 5.75 Å². The van der Waals surface area contributed by atoms with Crippen molar-refractivity contribution >= 4 is 17.5 Å². The maximum Gasteiger partial charge on any atom is 0.196 e. The molecule has 0 atom stereocenters. The van der Waals surface area contributed by atoms with E-state index in [1.165, 1.54) is 0 Å². The molecule has 0 N–H and O–H groups in total. The van der Waals surface area contributed by atoms with E-state index in [2.05, 4.69) is 0 Å². The van der Waals surface area contributed by atoms with Gasteiger partial charge in [-0.15, -0.1) is 11.8 Å². The molecule has 2 aromatic carbocycles. The maximum atomic E-state index is 12.4. The van der Waals surface area contributed by atoms with Gasteiger partial charge >= 0.3 is 0 Å². The molecule has 0 saturated carbocycles. The summed E-state index contributed by atoms with van der Waals surface area (Å²) in [5, 5.41) is 0. The van der Waals surface area contributed by atoms with Crippen LogP contribution < -0.4 is 4.74 Å². The third-order valence-corrected chi connectivity index (χ3v) is 3.44. The minimum Gasteiger partial charge on any atom is -0.495 e. The topological polar surface area (TPSA) is 26.3 Å². The molecule has 0 spiro atoms. The number of carbonyl (C=O) groups excluding carboxylic acids is 1. The highest BCUT2D eigenvalue weighted by Gasteiger charge is 2.16. The van der Waals surface area contributed by atoms with Gasteiger partial charge in [0, 0.05) is 10.5 Å². The number of methoxy groups -OCH3 is 1. The normalized spacial score (nSPS) is 10.1. The lowest BCUT2D eigenvalue weighted by molar-refractivity contribution is 0.103. The number of hydrogen-bond donors (Lipinski definition) is 0. The number of ketones is 1. The fourth-order valence-corrected chi connectivity index (χ4v) is 2.40. The van der Waals surface area contributed by atoms with Gasteiger partial charge in [0.05, 0.1) is 12.7 Å². The summed E-state index contributed by atoms with van der Waals surface area (Å²) in [7, 11) is 1.59. The van der Waals surface area contributed by atoms with E-state index in [1.54, 1.807) is 24.9 Å². The van der Waals surface area contributed by atoms with Gasteiger partial charge in [0.25, 0.3) is 0 Å². The largest absolute Gasteiger partial charge is 0.495 e. The van der Waals surface area contributed by atoms with E-state index in [0.29, 0.717) is 16.9 Å². The summed E-state index contributed by atoms with van der Waals surface area (Å²) >= 11 is 1.57. The van der Waals surface area contributed by atoms with Crippen LogP contribution in [0.1, 0.15) is 15.9 Å². The van der Waals surface area contributed by atoms with E-state index in [1.807, 2.05) is 48.7 Å². The van der Waals surface area contributed by atoms with E-state index < -0.39 is 0 Å². The van der Waals surface area contributed by atoms with Crippen LogP contribution in [0.3, 0.4) is 0 Å². The zero-order valence-electron chi connectivity index (χ0n) is 10.3. The van der Waals surface area contributed by atoms with Crippen LogP contribution in [0.5, 0.6) is 5.75 Å². The van der Waals surface area contributed by atoms with Crippen molar-refractivity contribution in [3.63, 3.8) is 0 Å².